The lowest BCUT2D eigenvalue weighted by Crippen LogP contribution is -2.37. The van der Waals surface area contributed by atoms with Crippen LogP contribution >= 0.6 is 0 Å². The van der Waals surface area contributed by atoms with E-state index >= 15 is 0 Å². The molecule has 0 atom stereocenters. The van der Waals surface area contributed by atoms with Crippen LogP contribution in [0.25, 0.3) is 11.0 Å². The van der Waals surface area contributed by atoms with E-state index in [2.05, 4.69) is 20.6 Å². The van der Waals surface area contributed by atoms with Crippen molar-refractivity contribution in [3.63, 3.8) is 0 Å². The van der Waals surface area contributed by atoms with Crippen LogP contribution in [0, 0.1) is 0 Å². The van der Waals surface area contributed by atoms with E-state index in [0.717, 1.165) is 23.9 Å². The molecule has 1 aliphatic carbocycles. The summed E-state index contributed by atoms with van der Waals surface area (Å²) in [6.07, 6.45) is 7.12. The average Bonchev–Trinajstić information content (AvgIpc) is 2.66. The predicted octanol–water partition coefficient (Wildman–Crippen LogP) is 3.41. The first-order chi connectivity index (χ1) is 9.81. The Kier molecular flexibility index (Phi) is 3.85. The van der Waals surface area contributed by atoms with Crippen LogP contribution in [0.15, 0.2) is 24.3 Å². The number of aromatic nitrogens is 2. The predicted molar refractivity (Wildman–Crippen MR) is 79.7 cm³/mol. The largest absolute Gasteiger partial charge is 0.335 e. The fourth-order valence-corrected chi connectivity index (χ4v) is 2.76. The minimum atomic E-state index is -0.170. The van der Waals surface area contributed by atoms with Crippen molar-refractivity contribution in [3.8, 4) is 0 Å². The number of hydrogen-bond donors (Lipinski definition) is 3. The lowest BCUT2D eigenvalue weighted by atomic mass is 10.1. The molecule has 0 unspecified atom stereocenters. The van der Waals surface area contributed by atoms with E-state index in [1.807, 2.05) is 24.3 Å². The molecule has 0 spiro atoms. The lowest BCUT2D eigenvalue weighted by Gasteiger charge is -2.15. The number of carbonyl (C=O) groups excluding carboxylic acids is 1. The van der Waals surface area contributed by atoms with Gasteiger partial charge in [0.25, 0.3) is 0 Å². The molecule has 5 nitrogen and oxygen atoms in total. The van der Waals surface area contributed by atoms with Crippen molar-refractivity contribution >= 4 is 23.0 Å². The first-order valence-corrected chi connectivity index (χ1v) is 7.33. The zero-order valence-corrected chi connectivity index (χ0v) is 11.5. The molecule has 0 saturated heterocycles. The smallest absolute Gasteiger partial charge is 0.321 e. The maximum absolute atomic E-state index is 12.0. The number of aromatic amines is 1. The summed E-state index contributed by atoms with van der Waals surface area (Å²) in [6.45, 7) is 0. The number of hydrogen-bond acceptors (Lipinski definition) is 2. The van der Waals surface area contributed by atoms with Crippen molar-refractivity contribution in [1.29, 1.82) is 0 Å². The van der Waals surface area contributed by atoms with Crippen LogP contribution in [0.3, 0.4) is 0 Å². The minimum absolute atomic E-state index is 0.170. The Labute approximate surface area is 118 Å². The zero-order chi connectivity index (χ0) is 13.8. The number of urea groups is 1. The van der Waals surface area contributed by atoms with Gasteiger partial charge in [-0.25, -0.2) is 9.78 Å². The molecule has 0 bridgehead atoms. The SMILES string of the molecule is O=C(Nc1nc2ccccc2[nH]1)NC1CCCCCC1. The fraction of sp³-hybridized carbons (Fsp3) is 0.467. The number of rotatable bonds is 2. The highest BCUT2D eigenvalue weighted by Crippen LogP contribution is 2.17. The third-order valence-corrected chi connectivity index (χ3v) is 3.81. The monoisotopic (exact) mass is 272 g/mol. The van der Waals surface area contributed by atoms with E-state index < -0.39 is 0 Å². The Morgan fingerprint density at radius 1 is 1.15 bits per heavy atom. The molecule has 1 saturated carbocycles. The van der Waals surface area contributed by atoms with E-state index in [-0.39, 0.29) is 6.03 Å². The highest BCUT2D eigenvalue weighted by atomic mass is 16.2. The molecule has 0 aliphatic heterocycles. The Morgan fingerprint density at radius 3 is 2.65 bits per heavy atom. The van der Waals surface area contributed by atoms with Crippen LogP contribution in [0.1, 0.15) is 38.5 Å². The van der Waals surface area contributed by atoms with Gasteiger partial charge in [-0.05, 0) is 25.0 Å². The molecule has 3 rings (SSSR count). The van der Waals surface area contributed by atoms with Gasteiger partial charge in [-0.2, -0.15) is 0 Å². The molecule has 1 aliphatic rings. The molecule has 1 aromatic carbocycles. The van der Waals surface area contributed by atoms with Crippen molar-refractivity contribution in [3.05, 3.63) is 24.3 Å². The summed E-state index contributed by atoms with van der Waals surface area (Å²) >= 11 is 0. The van der Waals surface area contributed by atoms with Gasteiger partial charge in [-0.15, -0.1) is 0 Å². The molecular formula is C15H20N4O. The summed E-state index contributed by atoms with van der Waals surface area (Å²) in [5, 5.41) is 5.82. The second-order valence-corrected chi connectivity index (χ2v) is 5.39. The number of imidazole rings is 1. The molecule has 1 aromatic heterocycles. The van der Waals surface area contributed by atoms with Crippen LogP contribution in [0.5, 0.6) is 0 Å². The Bertz CT molecular complexity index is 551. The number of benzene rings is 1. The normalized spacial score (nSPS) is 16.8. The van der Waals surface area contributed by atoms with Gasteiger partial charge in [0.1, 0.15) is 0 Å². The second-order valence-electron chi connectivity index (χ2n) is 5.39. The van der Waals surface area contributed by atoms with Gasteiger partial charge in [0.05, 0.1) is 11.0 Å². The number of anilines is 1. The van der Waals surface area contributed by atoms with Gasteiger partial charge < -0.3 is 10.3 Å². The number of para-hydroxylation sites is 2. The third-order valence-electron chi connectivity index (χ3n) is 3.81. The van der Waals surface area contributed by atoms with Crippen molar-refractivity contribution in [1.82, 2.24) is 15.3 Å². The van der Waals surface area contributed by atoms with Crippen molar-refractivity contribution in [2.24, 2.45) is 0 Å². The van der Waals surface area contributed by atoms with Crippen molar-refractivity contribution < 1.29 is 4.79 Å². The summed E-state index contributed by atoms with van der Waals surface area (Å²) in [5.74, 6) is 0.498. The number of nitrogens with one attached hydrogen (secondary N) is 3. The molecule has 106 valence electrons. The highest BCUT2D eigenvalue weighted by Gasteiger charge is 2.15. The molecule has 5 heteroatoms. The van der Waals surface area contributed by atoms with Gasteiger partial charge in [-0.1, -0.05) is 37.8 Å². The number of amides is 2. The van der Waals surface area contributed by atoms with E-state index in [0.29, 0.717) is 12.0 Å². The molecule has 1 fully saturated rings. The first kappa shape index (κ1) is 13.0. The van der Waals surface area contributed by atoms with Crippen LogP contribution < -0.4 is 10.6 Å². The number of carbonyl (C=O) groups is 1. The fourth-order valence-electron chi connectivity index (χ4n) is 2.76. The summed E-state index contributed by atoms with van der Waals surface area (Å²) in [7, 11) is 0. The van der Waals surface area contributed by atoms with Crippen molar-refractivity contribution in [2.75, 3.05) is 5.32 Å². The van der Waals surface area contributed by atoms with E-state index in [4.69, 9.17) is 0 Å². The minimum Gasteiger partial charge on any atom is -0.335 e. The van der Waals surface area contributed by atoms with Gasteiger partial charge in [-0.3, -0.25) is 5.32 Å². The van der Waals surface area contributed by atoms with Gasteiger partial charge in [0, 0.05) is 6.04 Å². The number of nitrogens with zero attached hydrogens (tertiary/aromatic N) is 1. The quantitative estimate of drug-likeness (QED) is 0.733. The van der Waals surface area contributed by atoms with Gasteiger partial charge in [0.2, 0.25) is 5.95 Å². The molecule has 3 N–H and O–H groups in total. The maximum atomic E-state index is 12.0. The highest BCUT2D eigenvalue weighted by molar-refractivity contribution is 5.89. The molecule has 20 heavy (non-hydrogen) atoms. The zero-order valence-electron chi connectivity index (χ0n) is 11.5. The average molecular weight is 272 g/mol. The molecular weight excluding hydrogens is 252 g/mol. The lowest BCUT2D eigenvalue weighted by molar-refractivity contribution is 0.247. The maximum Gasteiger partial charge on any atom is 0.321 e. The summed E-state index contributed by atoms with van der Waals surface area (Å²) < 4.78 is 0. The molecule has 2 aromatic rings. The van der Waals surface area contributed by atoms with E-state index in [1.165, 1.54) is 25.7 Å². The summed E-state index contributed by atoms with van der Waals surface area (Å²) in [4.78, 5) is 19.4. The topological polar surface area (TPSA) is 69.8 Å². The number of fused-ring (bicyclic) bond motifs is 1. The van der Waals surface area contributed by atoms with Gasteiger partial charge in [0.15, 0.2) is 0 Å². The van der Waals surface area contributed by atoms with Crippen LogP contribution in [0.4, 0.5) is 10.7 Å². The number of H-pyrrole nitrogens is 1. The standard InChI is InChI=1S/C15H20N4O/c20-15(16-11-7-3-1-2-4-8-11)19-14-17-12-9-5-6-10-13(12)18-14/h5-6,9-11H,1-4,7-8H2,(H3,16,17,18,19,20). The first-order valence-electron chi connectivity index (χ1n) is 7.33. The Morgan fingerprint density at radius 2 is 1.90 bits per heavy atom. The molecule has 2 amide bonds. The second kappa shape index (κ2) is 5.94. The third kappa shape index (κ3) is 3.10. The van der Waals surface area contributed by atoms with Crippen molar-refractivity contribution in [2.45, 2.75) is 44.6 Å². The molecule has 0 radical (unpaired) electrons. The van der Waals surface area contributed by atoms with Crippen LogP contribution in [0.2, 0.25) is 0 Å². The van der Waals surface area contributed by atoms with Gasteiger partial charge >= 0.3 is 6.03 Å². The van der Waals surface area contributed by atoms with E-state index in [1.54, 1.807) is 0 Å². The molecule has 1 heterocycles. The summed E-state index contributed by atoms with van der Waals surface area (Å²) in [6, 6.07) is 7.85. The van der Waals surface area contributed by atoms with Crippen LogP contribution in [-0.2, 0) is 0 Å². The Hall–Kier alpha value is -2.04. The van der Waals surface area contributed by atoms with E-state index in [9.17, 15) is 4.79 Å². The van der Waals surface area contributed by atoms with Crippen LogP contribution in [-0.4, -0.2) is 22.0 Å². The summed E-state index contributed by atoms with van der Waals surface area (Å²) in [5.41, 5.74) is 1.79. The Balaban J connectivity index is 1.60.